The Morgan fingerprint density at radius 3 is 2.44 bits per heavy atom. The Kier molecular flexibility index (Phi) is 6.48. The summed E-state index contributed by atoms with van der Waals surface area (Å²) in [6, 6.07) is 12.6. The van der Waals surface area contributed by atoms with Gasteiger partial charge in [-0.1, -0.05) is 30.3 Å². The van der Waals surface area contributed by atoms with Crippen LogP contribution in [0.3, 0.4) is 0 Å². The number of nitrogens with one attached hydrogen (secondary N) is 3. The minimum atomic E-state index is -3.81. The molecule has 0 radical (unpaired) electrons. The first-order chi connectivity index (χ1) is 12.7. The van der Waals surface area contributed by atoms with Gasteiger partial charge in [-0.3, -0.25) is 14.9 Å². The van der Waals surface area contributed by atoms with Gasteiger partial charge >= 0.3 is 0 Å². The van der Waals surface area contributed by atoms with E-state index in [1.807, 2.05) is 37.3 Å². The molecule has 1 amide bonds. The second-order valence-electron chi connectivity index (χ2n) is 5.70. The van der Waals surface area contributed by atoms with Crippen LogP contribution in [0.5, 0.6) is 0 Å². The van der Waals surface area contributed by atoms with E-state index in [0.29, 0.717) is 0 Å². The van der Waals surface area contributed by atoms with Crippen LogP contribution in [-0.4, -0.2) is 32.8 Å². The van der Waals surface area contributed by atoms with Crippen molar-refractivity contribution in [3.05, 3.63) is 64.2 Å². The van der Waals surface area contributed by atoms with E-state index in [1.54, 1.807) is 0 Å². The minimum Gasteiger partial charge on any atom is -0.371 e. The van der Waals surface area contributed by atoms with Crippen molar-refractivity contribution in [3.8, 4) is 0 Å². The highest BCUT2D eigenvalue weighted by Crippen LogP contribution is 2.27. The molecule has 0 bridgehead atoms. The van der Waals surface area contributed by atoms with E-state index in [2.05, 4.69) is 15.4 Å². The first kappa shape index (κ1) is 20.3. The van der Waals surface area contributed by atoms with Crippen LogP contribution in [0.4, 0.5) is 11.4 Å². The van der Waals surface area contributed by atoms with Gasteiger partial charge < -0.3 is 10.6 Å². The average Bonchev–Trinajstić information content (AvgIpc) is 2.66. The zero-order valence-electron chi connectivity index (χ0n) is 14.8. The van der Waals surface area contributed by atoms with Gasteiger partial charge in [0.1, 0.15) is 5.69 Å². The molecule has 0 saturated heterocycles. The maximum Gasteiger partial charge on any atom is 0.293 e. The van der Waals surface area contributed by atoms with Gasteiger partial charge in [0, 0.05) is 6.07 Å². The maximum absolute atomic E-state index is 12.1. The van der Waals surface area contributed by atoms with E-state index in [1.165, 1.54) is 19.2 Å². The van der Waals surface area contributed by atoms with Crippen molar-refractivity contribution in [3.63, 3.8) is 0 Å². The van der Waals surface area contributed by atoms with Gasteiger partial charge in [-0.05, 0) is 31.7 Å². The van der Waals surface area contributed by atoms with Crippen molar-refractivity contribution in [1.82, 2.24) is 10.0 Å². The maximum atomic E-state index is 12.1. The smallest absolute Gasteiger partial charge is 0.293 e. The van der Waals surface area contributed by atoms with Crippen LogP contribution in [0.25, 0.3) is 0 Å². The monoisotopic (exact) mass is 392 g/mol. The molecular formula is C17H20N4O5S. The van der Waals surface area contributed by atoms with Crippen LogP contribution in [0, 0.1) is 10.1 Å². The Labute approximate surface area is 157 Å². The summed E-state index contributed by atoms with van der Waals surface area (Å²) in [6.45, 7) is 1.63. The van der Waals surface area contributed by atoms with Gasteiger partial charge in [0.25, 0.3) is 5.69 Å². The third kappa shape index (κ3) is 5.25. The first-order valence-corrected chi connectivity index (χ1v) is 9.53. The van der Waals surface area contributed by atoms with Crippen molar-refractivity contribution in [2.75, 3.05) is 18.9 Å². The third-order valence-electron chi connectivity index (χ3n) is 3.86. The first-order valence-electron chi connectivity index (χ1n) is 8.04. The van der Waals surface area contributed by atoms with E-state index in [9.17, 15) is 23.3 Å². The van der Waals surface area contributed by atoms with Crippen molar-refractivity contribution >= 4 is 27.3 Å². The molecule has 27 heavy (non-hydrogen) atoms. The molecule has 1 atom stereocenters. The van der Waals surface area contributed by atoms with Gasteiger partial charge in [-0.15, -0.1) is 0 Å². The second-order valence-corrected chi connectivity index (χ2v) is 7.58. The molecule has 2 aromatic carbocycles. The predicted octanol–water partition coefficient (Wildman–Crippen LogP) is 1.79. The molecular weight excluding hydrogens is 372 g/mol. The number of carbonyl (C=O) groups excluding carboxylic acids is 1. The lowest BCUT2D eigenvalue weighted by atomic mass is 10.1. The molecule has 0 saturated carbocycles. The standard InChI is InChI=1S/C17H20N4O5S/c1-12(13-6-4-3-5-7-13)20-17(22)11-19-15-9-8-14(27(25,26)18-2)10-16(15)21(23)24/h3-10,12,18-19H,11H2,1-2H3,(H,20,22)/t12-/m1/s1. The van der Waals surface area contributed by atoms with Crippen LogP contribution >= 0.6 is 0 Å². The number of amides is 1. The number of nitro groups is 1. The Hall–Kier alpha value is -2.98. The highest BCUT2D eigenvalue weighted by molar-refractivity contribution is 7.89. The number of rotatable bonds is 8. The zero-order valence-corrected chi connectivity index (χ0v) is 15.6. The largest absolute Gasteiger partial charge is 0.371 e. The summed E-state index contributed by atoms with van der Waals surface area (Å²) in [5.41, 5.74) is 0.547. The van der Waals surface area contributed by atoms with Gasteiger partial charge in [-0.25, -0.2) is 13.1 Å². The molecule has 0 fully saturated rings. The number of hydrogen-bond acceptors (Lipinski definition) is 6. The Morgan fingerprint density at radius 2 is 1.85 bits per heavy atom. The van der Waals surface area contributed by atoms with Crippen LogP contribution in [0.2, 0.25) is 0 Å². The third-order valence-corrected chi connectivity index (χ3v) is 5.27. The molecule has 0 aliphatic heterocycles. The molecule has 0 unspecified atom stereocenters. The lowest BCUT2D eigenvalue weighted by molar-refractivity contribution is -0.384. The molecule has 2 rings (SSSR count). The summed E-state index contributed by atoms with van der Waals surface area (Å²) in [7, 11) is -2.60. The normalized spacial score (nSPS) is 12.2. The Bertz CT molecular complexity index is 932. The molecule has 3 N–H and O–H groups in total. The quantitative estimate of drug-likeness (QED) is 0.464. The highest BCUT2D eigenvalue weighted by Gasteiger charge is 2.21. The van der Waals surface area contributed by atoms with E-state index < -0.39 is 20.6 Å². The lowest BCUT2D eigenvalue weighted by Crippen LogP contribution is -2.32. The number of nitrogens with zero attached hydrogens (tertiary/aromatic N) is 1. The van der Waals surface area contributed by atoms with Gasteiger partial charge in [0.15, 0.2) is 0 Å². The van der Waals surface area contributed by atoms with Crippen LogP contribution in [0.1, 0.15) is 18.5 Å². The highest BCUT2D eigenvalue weighted by atomic mass is 32.2. The number of nitro benzene ring substituents is 1. The van der Waals surface area contributed by atoms with Gasteiger partial charge in [0.05, 0.1) is 22.4 Å². The molecule has 10 heteroatoms. The fourth-order valence-electron chi connectivity index (χ4n) is 2.39. The molecule has 0 spiro atoms. The van der Waals surface area contributed by atoms with Gasteiger partial charge in [0.2, 0.25) is 15.9 Å². The number of carbonyl (C=O) groups is 1. The van der Waals surface area contributed by atoms with Gasteiger partial charge in [-0.2, -0.15) is 0 Å². The molecule has 0 heterocycles. The average molecular weight is 392 g/mol. The van der Waals surface area contributed by atoms with E-state index in [4.69, 9.17) is 0 Å². The fraction of sp³-hybridized carbons (Fsp3) is 0.235. The summed E-state index contributed by atoms with van der Waals surface area (Å²) in [5, 5.41) is 16.7. The van der Waals surface area contributed by atoms with Crippen molar-refractivity contribution in [2.45, 2.75) is 17.9 Å². The SMILES string of the molecule is CNS(=O)(=O)c1ccc(NCC(=O)N[C@H](C)c2ccccc2)c([N+](=O)[O-])c1. The summed E-state index contributed by atoms with van der Waals surface area (Å²) < 4.78 is 25.7. The lowest BCUT2D eigenvalue weighted by Gasteiger charge is -2.15. The Morgan fingerprint density at radius 1 is 1.19 bits per heavy atom. The van der Waals surface area contributed by atoms with Crippen LogP contribution < -0.4 is 15.4 Å². The molecule has 0 aliphatic rings. The number of hydrogen-bond donors (Lipinski definition) is 3. The minimum absolute atomic E-state index is 0.0533. The summed E-state index contributed by atoms with van der Waals surface area (Å²) in [4.78, 5) is 22.4. The van der Waals surface area contributed by atoms with E-state index >= 15 is 0 Å². The van der Waals surface area contributed by atoms with E-state index in [0.717, 1.165) is 11.6 Å². The summed E-state index contributed by atoms with van der Waals surface area (Å²) >= 11 is 0. The van der Waals surface area contributed by atoms with Crippen molar-refractivity contribution < 1.29 is 18.1 Å². The van der Waals surface area contributed by atoms with E-state index in [-0.39, 0.29) is 29.1 Å². The van der Waals surface area contributed by atoms with Crippen LogP contribution in [-0.2, 0) is 14.8 Å². The topological polar surface area (TPSA) is 130 Å². The molecule has 2 aromatic rings. The summed E-state index contributed by atoms with van der Waals surface area (Å²) in [6.07, 6.45) is 0. The molecule has 9 nitrogen and oxygen atoms in total. The molecule has 144 valence electrons. The fourth-order valence-corrected chi connectivity index (χ4v) is 3.14. The molecule has 0 aliphatic carbocycles. The number of benzene rings is 2. The summed E-state index contributed by atoms with van der Waals surface area (Å²) in [5.74, 6) is -0.354. The number of anilines is 1. The van der Waals surface area contributed by atoms with Crippen molar-refractivity contribution in [1.29, 1.82) is 0 Å². The number of sulfonamides is 1. The zero-order chi connectivity index (χ0) is 20.0. The molecule has 0 aromatic heterocycles. The second kappa shape index (κ2) is 8.60. The van der Waals surface area contributed by atoms with Crippen molar-refractivity contribution in [2.24, 2.45) is 0 Å². The predicted molar refractivity (Wildman–Crippen MR) is 101 cm³/mol. The van der Waals surface area contributed by atoms with Crippen LogP contribution in [0.15, 0.2) is 53.4 Å². The Balaban J connectivity index is 2.08.